The van der Waals surface area contributed by atoms with Gasteiger partial charge in [0.1, 0.15) is 0 Å². The van der Waals surface area contributed by atoms with E-state index in [2.05, 4.69) is 10.3 Å². The zero-order valence-electron chi connectivity index (χ0n) is 9.63. The number of benzene rings is 1. The van der Waals surface area contributed by atoms with Crippen LogP contribution in [0.25, 0.3) is 0 Å². The topological polar surface area (TPSA) is 45.1 Å². The monoisotopic (exact) mass is 228 g/mol. The largest absolute Gasteiger partial charge is 0.392 e. The van der Waals surface area contributed by atoms with E-state index in [-0.39, 0.29) is 6.61 Å². The van der Waals surface area contributed by atoms with Crippen LogP contribution in [0.3, 0.4) is 0 Å². The number of aliphatic hydroxyl groups is 1. The quantitative estimate of drug-likeness (QED) is 0.821. The lowest BCUT2D eigenvalue weighted by molar-refractivity contribution is 0.281. The van der Waals surface area contributed by atoms with Gasteiger partial charge in [-0.1, -0.05) is 30.3 Å². The molecule has 0 radical (unpaired) electrons. The van der Waals surface area contributed by atoms with Crippen LogP contribution in [0.5, 0.6) is 0 Å². The Kier molecular flexibility index (Phi) is 4.24. The standard InChI is InChI=1S/C14H16N2O/c17-11-13-5-3-4-12(8-13)9-15-10-14-6-1-2-7-16-14/h1-8,15,17H,9-11H2. The molecule has 2 N–H and O–H groups in total. The molecule has 2 aromatic rings. The second kappa shape index (κ2) is 6.13. The molecule has 0 aliphatic rings. The molecule has 1 heterocycles. The van der Waals surface area contributed by atoms with Gasteiger partial charge in [-0.05, 0) is 23.3 Å². The summed E-state index contributed by atoms with van der Waals surface area (Å²) in [4.78, 5) is 4.24. The fourth-order valence-electron chi connectivity index (χ4n) is 1.68. The van der Waals surface area contributed by atoms with Crippen molar-refractivity contribution in [2.45, 2.75) is 19.7 Å². The zero-order chi connectivity index (χ0) is 11.9. The number of hydrogen-bond acceptors (Lipinski definition) is 3. The van der Waals surface area contributed by atoms with Crippen LogP contribution in [-0.4, -0.2) is 10.1 Å². The van der Waals surface area contributed by atoms with Crippen LogP contribution in [0.2, 0.25) is 0 Å². The molecule has 3 heteroatoms. The predicted octanol–water partition coefficient (Wildman–Crippen LogP) is 1.86. The van der Waals surface area contributed by atoms with E-state index in [0.717, 1.165) is 24.3 Å². The van der Waals surface area contributed by atoms with Crippen molar-refractivity contribution in [1.82, 2.24) is 10.3 Å². The maximum atomic E-state index is 9.04. The molecular formula is C14H16N2O. The van der Waals surface area contributed by atoms with Crippen molar-refractivity contribution >= 4 is 0 Å². The summed E-state index contributed by atoms with van der Waals surface area (Å²) < 4.78 is 0. The van der Waals surface area contributed by atoms with E-state index in [9.17, 15) is 0 Å². The number of hydrogen-bond donors (Lipinski definition) is 2. The molecule has 88 valence electrons. The maximum Gasteiger partial charge on any atom is 0.0681 e. The minimum Gasteiger partial charge on any atom is -0.392 e. The summed E-state index contributed by atoms with van der Waals surface area (Å²) in [5.41, 5.74) is 3.15. The first-order valence-electron chi connectivity index (χ1n) is 5.68. The molecule has 0 amide bonds. The predicted molar refractivity (Wildman–Crippen MR) is 67.1 cm³/mol. The fraction of sp³-hybridized carbons (Fsp3) is 0.214. The van der Waals surface area contributed by atoms with Crippen molar-refractivity contribution in [1.29, 1.82) is 0 Å². The molecule has 3 nitrogen and oxygen atoms in total. The minimum atomic E-state index is 0.0914. The normalized spacial score (nSPS) is 10.4. The van der Waals surface area contributed by atoms with Crippen molar-refractivity contribution in [2.24, 2.45) is 0 Å². The number of pyridine rings is 1. The van der Waals surface area contributed by atoms with Crippen LogP contribution in [0.4, 0.5) is 0 Å². The molecule has 2 rings (SSSR count). The van der Waals surface area contributed by atoms with Gasteiger partial charge in [0.2, 0.25) is 0 Å². The molecule has 0 aliphatic heterocycles. The first kappa shape index (κ1) is 11.8. The third-order valence-corrected chi connectivity index (χ3v) is 2.54. The molecule has 0 saturated heterocycles. The van der Waals surface area contributed by atoms with Gasteiger partial charge in [0.05, 0.1) is 12.3 Å². The third kappa shape index (κ3) is 3.66. The van der Waals surface area contributed by atoms with Gasteiger partial charge in [0.25, 0.3) is 0 Å². The van der Waals surface area contributed by atoms with E-state index >= 15 is 0 Å². The zero-order valence-corrected chi connectivity index (χ0v) is 9.63. The van der Waals surface area contributed by atoms with Crippen molar-refractivity contribution < 1.29 is 5.11 Å². The lowest BCUT2D eigenvalue weighted by Gasteiger charge is -2.05. The van der Waals surface area contributed by atoms with Crippen LogP contribution in [0.1, 0.15) is 16.8 Å². The Labute approximate surface area is 101 Å². The van der Waals surface area contributed by atoms with Gasteiger partial charge in [0.15, 0.2) is 0 Å². The summed E-state index contributed by atoms with van der Waals surface area (Å²) in [6.07, 6.45) is 1.80. The third-order valence-electron chi connectivity index (χ3n) is 2.54. The average molecular weight is 228 g/mol. The van der Waals surface area contributed by atoms with Crippen LogP contribution in [-0.2, 0) is 19.7 Å². The number of nitrogens with one attached hydrogen (secondary N) is 1. The molecule has 1 aromatic heterocycles. The molecular weight excluding hydrogens is 212 g/mol. The second-order valence-electron chi connectivity index (χ2n) is 3.90. The van der Waals surface area contributed by atoms with Crippen molar-refractivity contribution in [2.75, 3.05) is 0 Å². The average Bonchev–Trinajstić information content (AvgIpc) is 2.40. The number of nitrogens with zero attached hydrogens (tertiary/aromatic N) is 1. The van der Waals surface area contributed by atoms with E-state index in [1.807, 2.05) is 42.5 Å². The molecule has 0 fully saturated rings. The SMILES string of the molecule is OCc1cccc(CNCc2ccccn2)c1. The highest BCUT2D eigenvalue weighted by Crippen LogP contribution is 2.05. The molecule has 1 aromatic carbocycles. The first-order valence-corrected chi connectivity index (χ1v) is 5.68. The number of aromatic nitrogens is 1. The molecule has 0 spiro atoms. The van der Waals surface area contributed by atoms with Crippen LogP contribution in [0, 0.1) is 0 Å². The highest BCUT2D eigenvalue weighted by molar-refractivity contribution is 5.22. The Bertz CT molecular complexity index is 457. The maximum absolute atomic E-state index is 9.04. The highest BCUT2D eigenvalue weighted by Gasteiger charge is 1.96. The van der Waals surface area contributed by atoms with E-state index in [1.165, 1.54) is 5.56 Å². The van der Waals surface area contributed by atoms with Gasteiger partial charge >= 0.3 is 0 Å². The summed E-state index contributed by atoms with van der Waals surface area (Å²) in [5.74, 6) is 0. The lowest BCUT2D eigenvalue weighted by Crippen LogP contribution is -2.13. The first-order chi connectivity index (χ1) is 8.38. The van der Waals surface area contributed by atoms with E-state index in [0.29, 0.717) is 0 Å². The van der Waals surface area contributed by atoms with Crippen molar-refractivity contribution in [3.8, 4) is 0 Å². The Morgan fingerprint density at radius 1 is 1.00 bits per heavy atom. The van der Waals surface area contributed by atoms with E-state index in [1.54, 1.807) is 6.20 Å². The lowest BCUT2D eigenvalue weighted by atomic mass is 10.1. The highest BCUT2D eigenvalue weighted by atomic mass is 16.3. The summed E-state index contributed by atoms with van der Waals surface area (Å²) in [7, 11) is 0. The molecule has 0 aliphatic carbocycles. The van der Waals surface area contributed by atoms with Crippen molar-refractivity contribution in [3.63, 3.8) is 0 Å². The Morgan fingerprint density at radius 3 is 2.65 bits per heavy atom. The second-order valence-corrected chi connectivity index (χ2v) is 3.90. The number of rotatable bonds is 5. The van der Waals surface area contributed by atoms with Gasteiger partial charge in [-0.15, -0.1) is 0 Å². The van der Waals surface area contributed by atoms with Gasteiger partial charge in [-0.3, -0.25) is 4.98 Å². The van der Waals surface area contributed by atoms with E-state index < -0.39 is 0 Å². The molecule has 17 heavy (non-hydrogen) atoms. The van der Waals surface area contributed by atoms with Crippen molar-refractivity contribution in [3.05, 3.63) is 65.5 Å². The Morgan fingerprint density at radius 2 is 1.88 bits per heavy atom. The molecule has 0 saturated carbocycles. The molecule has 0 atom stereocenters. The van der Waals surface area contributed by atoms with Crippen LogP contribution in [0.15, 0.2) is 48.7 Å². The molecule has 0 bridgehead atoms. The number of aliphatic hydroxyl groups excluding tert-OH is 1. The van der Waals surface area contributed by atoms with Crippen LogP contribution >= 0.6 is 0 Å². The minimum absolute atomic E-state index is 0.0914. The summed E-state index contributed by atoms with van der Waals surface area (Å²) in [6.45, 7) is 1.63. The Hall–Kier alpha value is -1.71. The smallest absolute Gasteiger partial charge is 0.0681 e. The summed E-state index contributed by atoms with van der Waals surface area (Å²) in [6, 6.07) is 13.8. The van der Waals surface area contributed by atoms with Gasteiger partial charge < -0.3 is 10.4 Å². The Balaban J connectivity index is 1.86. The molecule has 0 unspecified atom stereocenters. The van der Waals surface area contributed by atoms with Gasteiger partial charge in [-0.2, -0.15) is 0 Å². The van der Waals surface area contributed by atoms with Crippen LogP contribution < -0.4 is 5.32 Å². The fourth-order valence-corrected chi connectivity index (χ4v) is 1.68. The van der Waals surface area contributed by atoms with Gasteiger partial charge in [-0.25, -0.2) is 0 Å². The summed E-state index contributed by atoms with van der Waals surface area (Å²) in [5, 5.41) is 12.4. The summed E-state index contributed by atoms with van der Waals surface area (Å²) >= 11 is 0. The van der Waals surface area contributed by atoms with Gasteiger partial charge in [0, 0.05) is 19.3 Å². The van der Waals surface area contributed by atoms with E-state index in [4.69, 9.17) is 5.11 Å².